The van der Waals surface area contributed by atoms with E-state index in [0.29, 0.717) is 18.9 Å². The van der Waals surface area contributed by atoms with Crippen molar-refractivity contribution >= 4 is 11.9 Å². The zero-order chi connectivity index (χ0) is 15.6. The molecule has 114 valence electrons. The van der Waals surface area contributed by atoms with E-state index in [0.717, 1.165) is 23.1 Å². The van der Waals surface area contributed by atoms with E-state index in [-0.39, 0.29) is 12.3 Å². The number of carbonyl (C=O) groups excluding carboxylic acids is 1. The van der Waals surface area contributed by atoms with Gasteiger partial charge < -0.3 is 10.0 Å². The van der Waals surface area contributed by atoms with Gasteiger partial charge in [-0.3, -0.25) is 4.79 Å². The molecule has 1 saturated heterocycles. The van der Waals surface area contributed by atoms with E-state index in [9.17, 15) is 14.7 Å². The summed E-state index contributed by atoms with van der Waals surface area (Å²) in [5.74, 6) is -0.616. The van der Waals surface area contributed by atoms with Crippen LogP contribution in [-0.2, 0) is 16.0 Å². The summed E-state index contributed by atoms with van der Waals surface area (Å²) in [4.78, 5) is 25.5. The number of piperidine rings is 1. The molecule has 0 aliphatic carbocycles. The summed E-state index contributed by atoms with van der Waals surface area (Å²) in [6.07, 6.45) is 1.71. The van der Waals surface area contributed by atoms with Gasteiger partial charge in [0.25, 0.3) is 0 Å². The van der Waals surface area contributed by atoms with Crippen LogP contribution in [0.25, 0.3) is 0 Å². The second-order valence-electron chi connectivity index (χ2n) is 6.18. The molecule has 1 aromatic carbocycles. The van der Waals surface area contributed by atoms with Crippen LogP contribution < -0.4 is 0 Å². The fourth-order valence-corrected chi connectivity index (χ4v) is 2.93. The molecule has 0 aromatic heterocycles. The molecule has 2 atom stereocenters. The molecule has 1 N–H and O–H groups in total. The molecular weight excluding hydrogens is 266 g/mol. The maximum absolute atomic E-state index is 12.5. The van der Waals surface area contributed by atoms with E-state index < -0.39 is 12.0 Å². The number of rotatable bonds is 3. The Hall–Kier alpha value is -1.84. The zero-order valence-electron chi connectivity index (χ0n) is 12.9. The van der Waals surface area contributed by atoms with E-state index in [1.807, 2.05) is 39.0 Å². The lowest BCUT2D eigenvalue weighted by atomic mass is 9.91. The fourth-order valence-electron chi connectivity index (χ4n) is 2.93. The zero-order valence-corrected chi connectivity index (χ0v) is 12.9. The highest BCUT2D eigenvalue weighted by Gasteiger charge is 2.34. The highest BCUT2D eigenvalue weighted by molar-refractivity contribution is 5.85. The summed E-state index contributed by atoms with van der Waals surface area (Å²) < 4.78 is 0. The minimum atomic E-state index is -0.893. The Kier molecular flexibility index (Phi) is 4.66. The van der Waals surface area contributed by atoms with E-state index in [1.165, 1.54) is 0 Å². The van der Waals surface area contributed by atoms with E-state index >= 15 is 0 Å². The SMILES string of the molecule is Cc1ccc(C)c(CC(=O)N2CCC(C)CC2C(=O)O)c1. The first-order valence-corrected chi connectivity index (χ1v) is 7.47. The molecule has 1 aliphatic heterocycles. The maximum atomic E-state index is 12.5. The molecule has 1 fully saturated rings. The molecule has 4 heteroatoms. The van der Waals surface area contributed by atoms with E-state index in [2.05, 4.69) is 0 Å². The molecule has 1 heterocycles. The largest absolute Gasteiger partial charge is 0.480 e. The summed E-state index contributed by atoms with van der Waals surface area (Å²) in [6.45, 7) is 6.56. The Bertz CT molecular complexity index is 553. The minimum Gasteiger partial charge on any atom is -0.480 e. The van der Waals surface area contributed by atoms with Crippen molar-refractivity contribution in [2.75, 3.05) is 6.54 Å². The van der Waals surface area contributed by atoms with Crippen LogP contribution in [0.15, 0.2) is 18.2 Å². The van der Waals surface area contributed by atoms with Crippen molar-refractivity contribution in [2.45, 2.75) is 46.1 Å². The number of aryl methyl sites for hydroxylation is 2. The van der Waals surface area contributed by atoms with Gasteiger partial charge in [0.15, 0.2) is 0 Å². The third-order valence-electron chi connectivity index (χ3n) is 4.32. The van der Waals surface area contributed by atoms with Crippen molar-refractivity contribution in [3.63, 3.8) is 0 Å². The van der Waals surface area contributed by atoms with Crippen molar-refractivity contribution in [2.24, 2.45) is 5.92 Å². The number of nitrogens with zero attached hydrogens (tertiary/aromatic N) is 1. The lowest BCUT2D eigenvalue weighted by Gasteiger charge is -2.36. The molecule has 0 saturated carbocycles. The van der Waals surface area contributed by atoms with Crippen LogP contribution in [-0.4, -0.2) is 34.5 Å². The van der Waals surface area contributed by atoms with Crippen LogP contribution in [0.2, 0.25) is 0 Å². The van der Waals surface area contributed by atoms with Gasteiger partial charge in [-0.2, -0.15) is 0 Å². The van der Waals surface area contributed by atoms with Gasteiger partial charge in [0.05, 0.1) is 6.42 Å². The quantitative estimate of drug-likeness (QED) is 0.930. The number of hydrogen-bond acceptors (Lipinski definition) is 2. The highest BCUT2D eigenvalue weighted by atomic mass is 16.4. The number of benzene rings is 1. The minimum absolute atomic E-state index is 0.0806. The molecule has 2 unspecified atom stereocenters. The second-order valence-corrected chi connectivity index (χ2v) is 6.18. The van der Waals surface area contributed by atoms with Crippen LogP contribution in [0.3, 0.4) is 0 Å². The number of aliphatic carboxylic acids is 1. The van der Waals surface area contributed by atoms with Gasteiger partial charge in [0.1, 0.15) is 6.04 Å². The van der Waals surface area contributed by atoms with Crippen LogP contribution in [0, 0.1) is 19.8 Å². The average molecular weight is 289 g/mol. The Labute approximate surface area is 125 Å². The maximum Gasteiger partial charge on any atom is 0.326 e. The van der Waals surface area contributed by atoms with E-state index in [4.69, 9.17) is 0 Å². The Morgan fingerprint density at radius 3 is 2.71 bits per heavy atom. The first-order chi connectivity index (χ1) is 9.88. The third-order valence-corrected chi connectivity index (χ3v) is 4.32. The number of carboxylic acids is 1. The first-order valence-electron chi connectivity index (χ1n) is 7.47. The van der Waals surface area contributed by atoms with Crippen LogP contribution in [0.4, 0.5) is 0 Å². The van der Waals surface area contributed by atoms with Crippen LogP contribution in [0.1, 0.15) is 36.5 Å². The number of amides is 1. The lowest BCUT2D eigenvalue weighted by molar-refractivity contribution is -0.152. The second kappa shape index (κ2) is 6.29. The fraction of sp³-hybridized carbons (Fsp3) is 0.529. The topological polar surface area (TPSA) is 57.6 Å². The van der Waals surface area contributed by atoms with Gasteiger partial charge in [-0.15, -0.1) is 0 Å². The number of hydrogen-bond donors (Lipinski definition) is 1. The smallest absolute Gasteiger partial charge is 0.326 e. The van der Waals surface area contributed by atoms with Gasteiger partial charge >= 0.3 is 5.97 Å². The molecule has 2 rings (SSSR count). The van der Waals surface area contributed by atoms with Crippen molar-refractivity contribution < 1.29 is 14.7 Å². The highest BCUT2D eigenvalue weighted by Crippen LogP contribution is 2.24. The molecule has 4 nitrogen and oxygen atoms in total. The van der Waals surface area contributed by atoms with Crippen molar-refractivity contribution in [3.8, 4) is 0 Å². The Morgan fingerprint density at radius 2 is 2.05 bits per heavy atom. The predicted octanol–water partition coefficient (Wildman–Crippen LogP) is 2.56. The standard InChI is InChI=1S/C17H23NO3/c1-11-4-5-13(3)14(8-11)10-16(19)18-7-6-12(2)9-15(18)17(20)21/h4-5,8,12,15H,6-7,9-10H2,1-3H3,(H,20,21). The van der Waals surface area contributed by atoms with Crippen molar-refractivity contribution in [1.82, 2.24) is 4.90 Å². The number of carbonyl (C=O) groups is 2. The van der Waals surface area contributed by atoms with Gasteiger partial charge in [-0.05, 0) is 43.7 Å². The summed E-state index contributed by atoms with van der Waals surface area (Å²) in [7, 11) is 0. The van der Waals surface area contributed by atoms with Gasteiger partial charge in [-0.25, -0.2) is 4.79 Å². The van der Waals surface area contributed by atoms with Crippen molar-refractivity contribution in [1.29, 1.82) is 0 Å². The molecular formula is C17H23NO3. The number of likely N-dealkylation sites (tertiary alicyclic amines) is 1. The molecule has 21 heavy (non-hydrogen) atoms. The molecule has 0 spiro atoms. The van der Waals surface area contributed by atoms with E-state index in [1.54, 1.807) is 4.90 Å². The third kappa shape index (κ3) is 3.63. The normalized spacial score (nSPS) is 22.1. The Balaban J connectivity index is 2.15. The summed E-state index contributed by atoms with van der Waals surface area (Å²) in [5.41, 5.74) is 3.18. The molecule has 1 amide bonds. The number of carboxylic acid groups (broad SMARTS) is 1. The Morgan fingerprint density at radius 1 is 1.33 bits per heavy atom. The molecule has 0 bridgehead atoms. The summed E-state index contributed by atoms with van der Waals surface area (Å²) in [5, 5.41) is 9.35. The summed E-state index contributed by atoms with van der Waals surface area (Å²) in [6, 6.07) is 5.36. The van der Waals surface area contributed by atoms with Crippen LogP contribution in [0.5, 0.6) is 0 Å². The molecule has 1 aromatic rings. The average Bonchev–Trinajstić information content (AvgIpc) is 2.42. The molecule has 1 aliphatic rings. The predicted molar refractivity (Wildman–Crippen MR) is 81.2 cm³/mol. The lowest BCUT2D eigenvalue weighted by Crippen LogP contribution is -2.50. The molecule has 0 radical (unpaired) electrons. The summed E-state index contributed by atoms with van der Waals surface area (Å²) >= 11 is 0. The van der Waals surface area contributed by atoms with Gasteiger partial charge in [0, 0.05) is 6.54 Å². The monoisotopic (exact) mass is 289 g/mol. The van der Waals surface area contributed by atoms with Gasteiger partial charge in [0.2, 0.25) is 5.91 Å². The first kappa shape index (κ1) is 15.5. The van der Waals surface area contributed by atoms with Crippen molar-refractivity contribution in [3.05, 3.63) is 34.9 Å². The van der Waals surface area contributed by atoms with Gasteiger partial charge in [-0.1, -0.05) is 30.7 Å². The van der Waals surface area contributed by atoms with Crippen LogP contribution >= 0.6 is 0 Å².